The molecule has 0 aliphatic carbocycles. The third-order valence-corrected chi connectivity index (χ3v) is 3.89. The van der Waals surface area contributed by atoms with E-state index < -0.39 is 35.8 Å². The minimum absolute atomic E-state index is 0.0169. The van der Waals surface area contributed by atoms with Crippen LogP contribution in [0.15, 0.2) is 0 Å². The molecule has 0 amide bonds. The smallest absolute Gasteiger partial charge is 0.323 e. The van der Waals surface area contributed by atoms with Crippen molar-refractivity contribution in [3.05, 3.63) is 0 Å². The monoisotopic (exact) mass is 291 g/mol. The predicted octanol–water partition coefficient (Wildman–Crippen LogP) is 0.507. The molecule has 5 nitrogen and oxygen atoms in total. The Morgan fingerprint density at radius 2 is 2.00 bits per heavy atom. The van der Waals surface area contributed by atoms with Gasteiger partial charge in [0.15, 0.2) is 6.10 Å². The van der Waals surface area contributed by atoms with E-state index in [1.807, 2.05) is 0 Å². The molecule has 0 radical (unpaired) electrons. The Kier molecular flexibility index (Phi) is 4.00. The number of rotatable bonds is 5. The molecule has 20 heavy (non-hydrogen) atoms. The van der Waals surface area contributed by atoms with Gasteiger partial charge in [0.25, 0.3) is 0 Å². The van der Waals surface area contributed by atoms with Gasteiger partial charge in [-0.05, 0) is 25.2 Å². The molecule has 4 unspecified atom stereocenters. The molecule has 0 aromatic carbocycles. The molecular weight excluding hydrogens is 274 g/mol. The van der Waals surface area contributed by atoms with E-state index in [2.05, 4.69) is 0 Å². The van der Waals surface area contributed by atoms with Crippen molar-refractivity contribution >= 4 is 11.9 Å². The van der Waals surface area contributed by atoms with Crippen LogP contribution in [0.1, 0.15) is 33.1 Å². The Bertz CT molecular complexity index is 410. The van der Waals surface area contributed by atoms with Crippen molar-refractivity contribution in [3.8, 4) is 0 Å². The van der Waals surface area contributed by atoms with E-state index in [1.165, 1.54) is 13.8 Å². The van der Waals surface area contributed by atoms with E-state index in [0.29, 0.717) is 12.8 Å². The van der Waals surface area contributed by atoms with Gasteiger partial charge in [-0.3, -0.25) is 4.79 Å². The molecule has 2 fully saturated rings. The minimum atomic E-state index is -4.21. The zero-order valence-electron chi connectivity index (χ0n) is 11.3. The van der Waals surface area contributed by atoms with Crippen LogP contribution in [0.2, 0.25) is 0 Å². The molecule has 2 aliphatic heterocycles. The minimum Gasteiger partial charge on any atom is -0.544 e. The largest absolute Gasteiger partial charge is 0.544 e. The molecular formula is C13H17F2O5-. The molecule has 114 valence electrons. The summed E-state index contributed by atoms with van der Waals surface area (Å²) in [5, 5.41) is 10.5. The quantitative estimate of drug-likeness (QED) is 0.690. The van der Waals surface area contributed by atoms with Crippen LogP contribution in [0.25, 0.3) is 0 Å². The van der Waals surface area contributed by atoms with Gasteiger partial charge in [-0.1, -0.05) is 13.8 Å². The van der Waals surface area contributed by atoms with Crippen molar-refractivity contribution in [2.75, 3.05) is 0 Å². The number of halogens is 2. The Morgan fingerprint density at radius 1 is 1.35 bits per heavy atom. The van der Waals surface area contributed by atoms with Gasteiger partial charge in [0.05, 0.1) is 18.1 Å². The third-order valence-electron chi connectivity index (χ3n) is 3.89. The van der Waals surface area contributed by atoms with Crippen LogP contribution >= 0.6 is 0 Å². The van der Waals surface area contributed by atoms with Crippen molar-refractivity contribution in [1.29, 1.82) is 0 Å². The van der Waals surface area contributed by atoms with Gasteiger partial charge < -0.3 is 19.4 Å². The van der Waals surface area contributed by atoms with Crippen LogP contribution in [0.4, 0.5) is 8.78 Å². The molecule has 4 atom stereocenters. The van der Waals surface area contributed by atoms with E-state index in [0.717, 1.165) is 6.42 Å². The highest BCUT2D eigenvalue weighted by atomic mass is 19.3. The number of carbonyl (C=O) groups excluding carboxylic acids is 2. The normalized spacial score (nSPS) is 30.6. The summed E-state index contributed by atoms with van der Waals surface area (Å²) >= 11 is 0. The van der Waals surface area contributed by atoms with Gasteiger partial charge in [-0.2, -0.15) is 8.78 Å². The van der Waals surface area contributed by atoms with Crippen molar-refractivity contribution < 1.29 is 33.0 Å². The topological polar surface area (TPSA) is 75.7 Å². The van der Waals surface area contributed by atoms with Gasteiger partial charge in [0, 0.05) is 0 Å². The van der Waals surface area contributed by atoms with Crippen molar-refractivity contribution in [2.45, 2.75) is 57.3 Å². The number of hydrogen-bond donors (Lipinski definition) is 0. The van der Waals surface area contributed by atoms with Crippen LogP contribution in [0.5, 0.6) is 0 Å². The molecule has 0 aromatic heterocycles. The Hall–Kier alpha value is -1.24. The summed E-state index contributed by atoms with van der Waals surface area (Å²) in [6.07, 6.45) is -0.330. The fraction of sp³-hybridized carbons (Fsp3) is 0.846. The van der Waals surface area contributed by atoms with E-state index in [-0.39, 0.29) is 12.2 Å². The molecule has 7 heteroatoms. The van der Waals surface area contributed by atoms with Gasteiger partial charge in [0.1, 0.15) is 5.97 Å². The summed E-state index contributed by atoms with van der Waals surface area (Å²) in [6, 6.07) is 0. The zero-order valence-corrected chi connectivity index (χ0v) is 11.3. The molecule has 2 bridgehead atoms. The highest BCUT2D eigenvalue weighted by molar-refractivity contribution is 5.77. The maximum Gasteiger partial charge on any atom is 0.323 e. The summed E-state index contributed by atoms with van der Waals surface area (Å²) in [5.41, 5.74) is 0. The van der Waals surface area contributed by atoms with Crippen LogP contribution in [-0.4, -0.2) is 36.2 Å². The zero-order chi connectivity index (χ0) is 15.1. The van der Waals surface area contributed by atoms with Crippen LogP contribution in [0, 0.1) is 11.8 Å². The number of aliphatic carboxylic acids is 1. The highest BCUT2D eigenvalue weighted by Gasteiger charge is 2.50. The number of alkyl halides is 2. The SMILES string of the molecule is CC(C)C(OC(=O)C1CC2CCC1O2)C(F)(F)C(=O)[O-]. The average Bonchev–Trinajstić information content (AvgIpc) is 2.96. The first kappa shape index (κ1) is 15.2. The molecule has 2 aliphatic rings. The fourth-order valence-corrected chi connectivity index (χ4v) is 2.84. The summed E-state index contributed by atoms with van der Waals surface area (Å²) in [5.74, 6) is -8.97. The van der Waals surface area contributed by atoms with E-state index in [1.54, 1.807) is 0 Å². The summed E-state index contributed by atoms with van der Waals surface area (Å²) in [6.45, 7) is 2.73. The van der Waals surface area contributed by atoms with Gasteiger partial charge in [-0.25, -0.2) is 0 Å². The first-order valence-electron chi connectivity index (χ1n) is 6.68. The number of carbonyl (C=O) groups is 2. The molecule has 0 aromatic rings. The molecule has 2 heterocycles. The lowest BCUT2D eigenvalue weighted by molar-refractivity contribution is -0.337. The second-order valence-electron chi connectivity index (χ2n) is 5.73. The van der Waals surface area contributed by atoms with E-state index in [4.69, 9.17) is 9.47 Å². The molecule has 0 saturated carbocycles. The lowest BCUT2D eigenvalue weighted by Gasteiger charge is -2.31. The average molecular weight is 291 g/mol. The number of esters is 1. The van der Waals surface area contributed by atoms with Crippen LogP contribution in [0.3, 0.4) is 0 Å². The van der Waals surface area contributed by atoms with Gasteiger partial charge in [0.2, 0.25) is 0 Å². The third kappa shape index (κ3) is 2.63. The fourth-order valence-electron chi connectivity index (χ4n) is 2.84. The molecule has 0 spiro atoms. The van der Waals surface area contributed by atoms with Gasteiger partial charge >= 0.3 is 11.9 Å². The van der Waals surface area contributed by atoms with Crippen LogP contribution in [-0.2, 0) is 19.1 Å². The second kappa shape index (κ2) is 5.27. The summed E-state index contributed by atoms with van der Waals surface area (Å²) in [7, 11) is 0. The Labute approximate surface area is 115 Å². The second-order valence-corrected chi connectivity index (χ2v) is 5.73. The van der Waals surface area contributed by atoms with E-state index in [9.17, 15) is 23.5 Å². The van der Waals surface area contributed by atoms with Crippen molar-refractivity contribution in [2.24, 2.45) is 11.8 Å². The number of hydrogen-bond acceptors (Lipinski definition) is 5. The molecule has 2 rings (SSSR count). The first-order chi connectivity index (χ1) is 9.23. The maximum absolute atomic E-state index is 13.5. The lowest BCUT2D eigenvalue weighted by atomic mass is 9.89. The maximum atomic E-state index is 13.5. The van der Waals surface area contributed by atoms with Crippen molar-refractivity contribution in [3.63, 3.8) is 0 Å². The number of carboxylic acids is 1. The summed E-state index contributed by atoms with van der Waals surface area (Å²) in [4.78, 5) is 22.5. The molecule has 0 N–H and O–H groups in total. The van der Waals surface area contributed by atoms with Crippen molar-refractivity contribution in [1.82, 2.24) is 0 Å². The predicted molar refractivity (Wildman–Crippen MR) is 60.7 cm³/mol. The number of carboxylic acid groups (broad SMARTS) is 1. The van der Waals surface area contributed by atoms with Crippen LogP contribution < -0.4 is 5.11 Å². The standard InChI is InChI=1S/C13H18F2O5/c1-6(2)10(13(14,15)12(17)18)20-11(16)8-5-7-3-4-9(8)19-7/h6-10H,3-5H2,1-2H3,(H,17,18)/p-1. The van der Waals surface area contributed by atoms with E-state index >= 15 is 0 Å². The first-order valence-corrected chi connectivity index (χ1v) is 6.68. The van der Waals surface area contributed by atoms with Gasteiger partial charge in [-0.15, -0.1) is 0 Å². The number of fused-ring (bicyclic) bond motifs is 2. The summed E-state index contributed by atoms with van der Waals surface area (Å²) < 4.78 is 37.3. The highest BCUT2D eigenvalue weighted by Crippen LogP contribution is 2.40. The Balaban J connectivity index is 2.05. The number of ether oxygens (including phenoxy) is 2. The Morgan fingerprint density at radius 3 is 2.40 bits per heavy atom. The lowest BCUT2D eigenvalue weighted by Crippen LogP contribution is -2.54. The molecule has 2 saturated heterocycles.